The van der Waals surface area contributed by atoms with Crippen LogP contribution in [0.3, 0.4) is 0 Å². The molecule has 0 amide bonds. The molecule has 0 aromatic heterocycles. The monoisotopic (exact) mass is 265 g/mol. The van der Waals surface area contributed by atoms with Gasteiger partial charge in [-0.2, -0.15) is 5.26 Å². The Morgan fingerprint density at radius 2 is 1.44 bits per heavy atom. The summed E-state index contributed by atoms with van der Waals surface area (Å²) in [4.78, 5) is 0.968. The molecule has 0 saturated heterocycles. The van der Waals surface area contributed by atoms with E-state index in [1.165, 1.54) is 0 Å². The first-order valence-corrected chi connectivity index (χ1v) is 5.74. The Labute approximate surface area is 106 Å². The number of nitriles is 1. The summed E-state index contributed by atoms with van der Waals surface area (Å²) in [7, 11) is 0. The highest BCUT2D eigenvalue weighted by atomic mass is 32.2. The fraction of sp³-hybridized carbons (Fsp3) is 0. The Morgan fingerprint density at radius 1 is 0.889 bits per heavy atom. The summed E-state index contributed by atoms with van der Waals surface area (Å²) in [5.74, 6) is -3.91. The minimum absolute atomic E-state index is 0.260. The first kappa shape index (κ1) is 12.5. The minimum Gasteiger partial charge on any atom is -0.204 e. The lowest BCUT2D eigenvalue weighted by atomic mass is 10.2. The van der Waals surface area contributed by atoms with E-state index in [0.717, 1.165) is 23.9 Å². The van der Waals surface area contributed by atoms with Gasteiger partial charge in [0, 0.05) is 9.79 Å². The minimum atomic E-state index is -1.47. The second-order valence-electron chi connectivity index (χ2n) is 3.44. The van der Waals surface area contributed by atoms with Gasteiger partial charge in [-0.3, -0.25) is 0 Å². The first-order chi connectivity index (χ1) is 8.60. The van der Waals surface area contributed by atoms with Crippen molar-refractivity contribution in [2.24, 2.45) is 0 Å². The summed E-state index contributed by atoms with van der Waals surface area (Å²) in [6.45, 7) is 0. The van der Waals surface area contributed by atoms with Crippen molar-refractivity contribution in [3.8, 4) is 6.07 Å². The average molecular weight is 265 g/mol. The Morgan fingerprint density at radius 3 is 1.94 bits per heavy atom. The molecule has 2 aromatic carbocycles. The third kappa shape index (κ3) is 2.66. The molecule has 90 valence electrons. The number of hydrogen-bond acceptors (Lipinski definition) is 2. The second-order valence-corrected chi connectivity index (χ2v) is 4.59. The van der Waals surface area contributed by atoms with E-state index in [1.54, 1.807) is 24.3 Å². The molecule has 0 N–H and O–H groups in total. The van der Waals surface area contributed by atoms with Gasteiger partial charge in [-0.15, -0.1) is 0 Å². The van der Waals surface area contributed by atoms with Crippen molar-refractivity contribution in [3.05, 3.63) is 59.4 Å². The highest BCUT2D eigenvalue weighted by Gasteiger charge is 2.11. The molecule has 0 radical (unpaired) electrons. The predicted octanol–water partition coefficient (Wildman–Crippen LogP) is 4.13. The highest BCUT2D eigenvalue weighted by Crippen LogP contribution is 2.29. The largest absolute Gasteiger partial charge is 0.204 e. The maximum Gasteiger partial charge on any atom is 0.194 e. The van der Waals surface area contributed by atoms with Crippen LogP contribution in [0.15, 0.2) is 46.2 Å². The standard InChI is InChI=1S/C13H6F3NS/c14-11-5-10(6-12(15)13(11)16)18-9-3-1-8(7-17)2-4-9/h1-6H. The lowest BCUT2D eigenvalue weighted by molar-refractivity contribution is 0.443. The summed E-state index contributed by atoms with van der Waals surface area (Å²) in [6, 6.07) is 10.3. The fourth-order valence-electron chi connectivity index (χ4n) is 1.32. The van der Waals surface area contributed by atoms with E-state index in [4.69, 9.17) is 5.26 Å². The van der Waals surface area contributed by atoms with E-state index in [-0.39, 0.29) is 4.90 Å². The van der Waals surface area contributed by atoms with E-state index in [9.17, 15) is 13.2 Å². The number of nitrogens with zero attached hydrogens (tertiary/aromatic N) is 1. The molecular formula is C13H6F3NS. The van der Waals surface area contributed by atoms with Gasteiger partial charge in [0.1, 0.15) is 0 Å². The number of benzene rings is 2. The molecule has 0 fully saturated rings. The Balaban J connectivity index is 2.26. The van der Waals surface area contributed by atoms with Crippen LogP contribution in [0.4, 0.5) is 13.2 Å². The van der Waals surface area contributed by atoms with Crippen LogP contribution in [0.2, 0.25) is 0 Å². The van der Waals surface area contributed by atoms with Crippen molar-refractivity contribution in [1.29, 1.82) is 5.26 Å². The third-order valence-corrected chi connectivity index (χ3v) is 3.16. The SMILES string of the molecule is N#Cc1ccc(Sc2cc(F)c(F)c(F)c2)cc1. The molecular weight excluding hydrogens is 259 g/mol. The van der Waals surface area contributed by atoms with Crippen LogP contribution >= 0.6 is 11.8 Å². The van der Waals surface area contributed by atoms with Crippen LogP contribution in [0, 0.1) is 28.8 Å². The molecule has 0 aliphatic carbocycles. The molecule has 1 nitrogen and oxygen atoms in total. The molecule has 2 rings (SSSR count). The van der Waals surface area contributed by atoms with E-state index in [1.807, 2.05) is 6.07 Å². The lowest BCUT2D eigenvalue weighted by Crippen LogP contribution is -1.90. The Hall–Kier alpha value is -1.93. The van der Waals surface area contributed by atoms with E-state index in [0.29, 0.717) is 10.5 Å². The highest BCUT2D eigenvalue weighted by molar-refractivity contribution is 7.99. The molecule has 0 atom stereocenters. The smallest absolute Gasteiger partial charge is 0.194 e. The first-order valence-electron chi connectivity index (χ1n) is 4.92. The van der Waals surface area contributed by atoms with Crippen LogP contribution in [0.1, 0.15) is 5.56 Å². The van der Waals surface area contributed by atoms with Crippen molar-refractivity contribution in [3.63, 3.8) is 0 Å². The van der Waals surface area contributed by atoms with Crippen LogP contribution in [-0.2, 0) is 0 Å². The number of hydrogen-bond donors (Lipinski definition) is 0. The van der Waals surface area contributed by atoms with Crippen molar-refractivity contribution in [1.82, 2.24) is 0 Å². The molecule has 2 aromatic rings. The van der Waals surface area contributed by atoms with Crippen molar-refractivity contribution < 1.29 is 13.2 Å². The summed E-state index contributed by atoms with van der Waals surface area (Å²) in [5, 5.41) is 8.62. The zero-order chi connectivity index (χ0) is 13.1. The van der Waals surface area contributed by atoms with Gasteiger partial charge >= 0.3 is 0 Å². The molecule has 0 aliphatic rings. The normalized spacial score (nSPS) is 10.1. The van der Waals surface area contributed by atoms with E-state index >= 15 is 0 Å². The van der Waals surface area contributed by atoms with Gasteiger partial charge in [-0.1, -0.05) is 11.8 Å². The van der Waals surface area contributed by atoms with Crippen LogP contribution < -0.4 is 0 Å². The summed E-state index contributed by atoms with van der Waals surface area (Å²) in [6.07, 6.45) is 0. The summed E-state index contributed by atoms with van der Waals surface area (Å²) >= 11 is 1.09. The van der Waals surface area contributed by atoms with E-state index < -0.39 is 17.5 Å². The fourth-order valence-corrected chi connectivity index (χ4v) is 2.19. The van der Waals surface area contributed by atoms with Gasteiger partial charge in [0.25, 0.3) is 0 Å². The maximum atomic E-state index is 13.0. The molecule has 0 aliphatic heterocycles. The van der Waals surface area contributed by atoms with Gasteiger partial charge < -0.3 is 0 Å². The molecule has 0 heterocycles. The summed E-state index contributed by atoms with van der Waals surface area (Å²) < 4.78 is 38.7. The molecule has 18 heavy (non-hydrogen) atoms. The number of halogens is 3. The van der Waals surface area contributed by atoms with Crippen molar-refractivity contribution >= 4 is 11.8 Å². The quantitative estimate of drug-likeness (QED) is 0.762. The predicted molar refractivity (Wildman–Crippen MR) is 61.6 cm³/mol. The van der Waals surface area contributed by atoms with Gasteiger partial charge in [0.05, 0.1) is 11.6 Å². The lowest BCUT2D eigenvalue weighted by Gasteiger charge is -2.03. The summed E-state index contributed by atoms with van der Waals surface area (Å²) in [5.41, 5.74) is 0.496. The Kier molecular flexibility index (Phi) is 3.58. The molecule has 0 spiro atoms. The third-order valence-electron chi connectivity index (χ3n) is 2.18. The topological polar surface area (TPSA) is 23.8 Å². The van der Waals surface area contributed by atoms with Crippen LogP contribution in [-0.4, -0.2) is 0 Å². The molecule has 0 unspecified atom stereocenters. The average Bonchev–Trinajstić information content (AvgIpc) is 2.37. The number of rotatable bonds is 2. The van der Waals surface area contributed by atoms with Gasteiger partial charge in [0.2, 0.25) is 0 Å². The zero-order valence-corrected chi connectivity index (χ0v) is 9.77. The molecule has 0 bridgehead atoms. The van der Waals surface area contributed by atoms with Crippen molar-refractivity contribution in [2.75, 3.05) is 0 Å². The van der Waals surface area contributed by atoms with Gasteiger partial charge in [0.15, 0.2) is 17.5 Å². The van der Waals surface area contributed by atoms with Gasteiger partial charge in [-0.05, 0) is 36.4 Å². The zero-order valence-electron chi connectivity index (χ0n) is 8.95. The maximum absolute atomic E-state index is 13.0. The van der Waals surface area contributed by atoms with Crippen LogP contribution in [0.25, 0.3) is 0 Å². The van der Waals surface area contributed by atoms with Gasteiger partial charge in [-0.25, -0.2) is 13.2 Å². The van der Waals surface area contributed by atoms with Crippen LogP contribution in [0.5, 0.6) is 0 Å². The second kappa shape index (κ2) is 5.15. The molecule has 0 saturated carbocycles. The van der Waals surface area contributed by atoms with Crippen molar-refractivity contribution in [2.45, 2.75) is 9.79 Å². The Bertz CT molecular complexity index is 594. The molecule has 5 heteroatoms. The van der Waals surface area contributed by atoms with E-state index in [2.05, 4.69) is 0 Å².